The maximum absolute atomic E-state index is 12.7. The highest BCUT2D eigenvalue weighted by Crippen LogP contribution is 2.29. The summed E-state index contributed by atoms with van der Waals surface area (Å²) in [6, 6.07) is 7.52. The number of carbonyl (C=O) groups is 1. The molecule has 1 aromatic rings. The SMILES string of the molecule is CCOc1ccccc1OC(C(=O)N1CCNCC1)C(C)C. The van der Waals surface area contributed by atoms with Crippen molar-refractivity contribution in [2.45, 2.75) is 26.9 Å². The summed E-state index contributed by atoms with van der Waals surface area (Å²) in [5.74, 6) is 1.47. The van der Waals surface area contributed by atoms with Gasteiger partial charge >= 0.3 is 0 Å². The van der Waals surface area contributed by atoms with Gasteiger partial charge in [-0.1, -0.05) is 26.0 Å². The minimum absolute atomic E-state index is 0.0581. The molecule has 5 heteroatoms. The second-order valence-corrected chi connectivity index (χ2v) is 5.74. The second kappa shape index (κ2) is 8.03. The highest BCUT2D eigenvalue weighted by atomic mass is 16.5. The van der Waals surface area contributed by atoms with E-state index >= 15 is 0 Å². The van der Waals surface area contributed by atoms with Crippen molar-refractivity contribution in [1.29, 1.82) is 0 Å². The van der Waals surface area contributed by atoms with Crippen LogP contribution in [0.3, 0.4) is 0 Å². The van der Waals surface area contributed by atoms with Crippen molar-refractivity contribution < 1.29 is 14.3 Å². The van der Waals surface area contributed by atoms with Crippen LogP contribution in [0.25, 0.3) is 0 Å². The van der Waals surface area contributed by atoms with E-state index < -0.39 is 6.10 Å². The van der Waals surface area contributed by atoms with Gasteiger partial charge < -0.3 is 19.7 Å². The summed E-state index contributed by atoms with van der Waals surface area (Å²) in [6.45, 7) is 9.67. The fourth-order valence-electron chi connectivity index (χ4n) is 2.50. The lowest BCUT2D eigenvalue weighted by Gasteiger charge is -2.32. The smallest absolute Gasteiger partial charge is 0.264 e. The highest BCUT2D eigenvalue weighted by molar-refractivity contribution is 5.81. The minimum Gasteiger partial charge on any atom is -0.490 e. The van der Waals surface area contributed by atoms with Gasteiger partial charge in [-0.3, -0.25) is 4.79 Å². The van der Waals surface area contributed by atoms with Crippen molar-refractivity contribution in [3.63, 3.8) is 0 Å². The van der Waals surface area contributed by atoms with Crippen LogP contribution in [0.2, 0.25) is 0 Å². The first kappa shape index (κ1) is 16.6. The van der Waals surface area contributed by atoms with Crippen LogP contribution in [0, 0.1) is 5.92 Å². The molecule has 2 rings (SSSR count). The minimum atomic E-state index is -0.486. The van der Waals surface area contributed by atoms with Gasteiger partial charge in [0.15, 0.2) is 17.6 Å². The first-order valence-electron chi connectivity index (χ1n) is 8.01. The molecule has 122 valence electrons. The average molecular weight is 306 g/mol. The molecule has 1 unspecified atom stereocenters. The van der Waals surface area contributed by atoms with Crippen molar-refractivity contribution in [1.82, 2.24) is 10.2 Å². The van der Waals surface area contributed by atoms with E-state index in [-0.39, 0.29) is 11.8 Å². The van der Waals surface area contributed by atoms with Gasteiger partial charge in [0.1, 0.15) is 0 Å². The molecule has 0 saturated carbocycles. The molecule has 0 aliphatic carbocycles. The molecule has 5 nitrogen and oxygen atoms in total. The lowest BCUT2D eigenvalue weighted by Crippen LogP contribution is -2.52. The third-order valence-corrected chi connectivity index (χ3v) is 3.68. The molecule has 0 radical (unpaired) electrons. The molecule has 1 fully saturated rings. The fourth-order valence-corrected chi connectivity index (χ4v) is 2.50. The normalized spacial score (nSPS) is 16.5. The Kier molecular flexibility index (Phi) is 6.07. The summed E-state index contributed by atoms with van der Waals surface area (Å²) in [7, 11) is 0. The van der Waals surface area contributed by atoms with E-state index in [2.05, 4.69) is 5.32 Å². The summed E-state index contributed by atoms with van der Waals surface area (Å²) in [5, 5.41) is 3.26. The Balaban J connectivity index is 2.13. The summed E-state index contributed by atoms with van der Waals surface area (Å²) in [6.07, 6.45) is -0.486. The number of rotatable bonds is 6. The zero-order valence-corrected chi connectivity index (χ0v) is 13.7. The molecule has 1 aliphatic heterocycles. The Hall–Kier alpha value is -1.75. The number of benzene rings is 1. The number of carbonyl (C=O) groups excluding carboxylic acids is 1. The van der Waals surface area contributed by atoms with Crippen molar-refractivity contribution in [2.75, 3.05) is 32.8 Å². The molecule has 1 atom stereocenters. The number of hydrogen-bond acceptors (Lipinski definition) is 4. The van der Waals surface area contributed by atoms with E-state index in [0.29, 0.717) is 18.1 Å². The number of nitrogens with one attached hydrogen (secondary N) is 1. The van der Waals surface area contributed by atoms with Gasteiger partial charge in [-0.15, -0.1) is 0 Å². The Labute approximate surface area is 132 Å². The number of piperazine rings is 1. The van der Waals surface area contributed by atoms with Gasteiger partial charge in [-0.2, -0.15) is 0 Å². The Morgan fingerprint density at radius 1 is 1.23 bits per heavy atom. The molecule has 0 spiro atoms. The number of para-hydroxylation sites is 2. The first-order chi connectivity index (χ1) is 10.6. The van der Waals surface area contributed by atoms with Crippen molar-refractivity contribution in [2.24, 2.45) is 5.92 Å². The van der Waals surface area contributed by atoms with Crippen LogP contribution in [0.1, 0.15) is 20.8 Å². The van der Waals surface area contributed by atoms with Gasteiger partial charge in [-0.25, -0.2) is 0 Å². The van der Waals surface area contributed by atoms with Crippen molar-refractivity contribution in [3.8, 4) is 11.5 Å². The van der Waals surface area contributed by atoms with Gasteiger partial charge in [0.05, 0.1) is 6.61 Å². The van der Waals surface area contributed by atoms with E-state index in [9.17, 15) is 4.79 Å². The van der Waals surface area contributed by atoms with Crippen LogP contribution >= 0.6 is 0 Å². The Morgan fingerprint density at radius 3 is 2.45 bits per heavy atom. The predicted octanol–water partition coefficient (Wildman–Crippen LogP) is 1.92. The second-order valence-electron chi connectivity index (χ2n) is 5.74. The molecule has 1 saturated heterocycles. The highest BCUT2D eigenvalue weighted by Gasteiger charge is 2.30. The third kappa shape index (κ3) is 4.13. The first-order valence-corrected chi connectivity index (χ1v) is 8.01. The zero-order valence-electron chi connectivity index (χ0n) is 13.7. The molecule has 1 N–H and O–H groups in total. The molecular weight excluding hydrogens is 280 g/mol. The number of nitrogens with zero attached hydrogens (tertiary/aromatic N) is 1. The number of hydrogen-bond donors (Lipinski definition) is 1. The molecule has 1 amide bonds. The van der Waals surface area contributed by atoms with Gasteiger partial charge in [0.25, 0.3) is 5.91 Å². The van der Waals surface area contributed by atoms with Gasteiger partial charge in [-0.05, 0) is 25.0 Å². The summed E-state index contributed by atoms with van der Waals surface area (Å²) < 4.78 is 11.6. The molecule has 1 aromatic carbocycles. The zero-order chi connectivity index (χ0) is 15.9. The predicted molar refractivity (Wildman–Crippen MR) is 86.3 cm³/mol. The average Bonchev–Trinajstić information content (AvgIpc) is 2.54. The van der Waals surface area contributed by atoms with E-state index in [1.54, 1.807) is 0 Å². The maximum Gasteiger partial charge on any atom is 0.264 e. The van der Waals surface area contributed by atoms with Crippen molar-refractivity contribution in [3.05, 3.63) is 24.3 Å². The van der Waals surface area contributed by atoms with Crippen LogP contribution in [0.15, 0.2) is 24.3 Å². The lowest BCUT2D eigenvalue weighted by molar-refractivity contribution is -0.141. The molecule has 0 aromatic heterocycles. The summed E-state index contributed by atoms with van der Waals surface area (Å²) >= 11 is 0. The number of amides is 1. The van der Waals surface area contributed by atoms with E-state index in [1.807, 2.05) is 49.9 Å². The van der Waals surface area contributed by atoms with Gasteiger partial charge in [0, 0.05) is 26.2 Å². The molecule has 22 heavy (non-hydrogen) atoms. The fraction of sp³-hybridized carbons (Fsp3) is 0.588. The lowest BCUT2D eigenvalue weighted by atomic mass is 10.1. The Morgan fingerprint density at radius 2 is 1.86 bits per heavy atom. The third-order valence-electron chi connectivity index (χ3n) is 3.68. The van der Waals surface area contributed by atoms with E-state index in [4.69, 9.17) is 9.47 Å². The summed E-state index contributed by atoms with van der Waals surface area (Å²) in [4.78, 5) is 14.6. The monoisotopic (exact) mass is 306 g/mol. The van der Waals surface area contributed by atoms with Crippen LogP contribution in [0.5, 0.6) is 11.5 Å². The van der Waals surface area contributed by atoms with Crippen LogP contribution < -0.4 is 14.8 Å². The standard InChI is InChI=1S/C17H26N2O3/c1-4-21-14-7-5-6-8-15(14)22-16(13(2)3)17(20)19-11-9-18-10-12-19/h5-8,13,16,18H,4,9-12H2,1-3H3. The van der Waals surface area contributed by atoms with Gasteiger partial charge in [0.2, 0.25) is 0 Å². The van der Waals surface area contributed by atoms with Crippen molar-refractivity contribution >= 4 is 5.91 Å². The molecule has 1 aliphatic rings. The molecule has 1 heterocycles. The summed E-state index contributed by atoms with van der Waals surface area (Å²) in [5.41, 5.74) is 0. The van der Waals surface area contributed by atoms with E-state index in [0.717, 1.165) is 26.2 Å². The topological polar surface area (TPSA) is 50.8 Å². The largest absolute Gasteiger partial charge is 0.490 e. The van der Waals surface area contributed by atoms with Crippen LogP contribution in [-0.2, 0) is 4.79 Å². The molecule has 0 bridgehead atoms. The van der Waals surface area contributed by atoms with Crippen LogP contribution in [0.4, 0.5) is 0 Å². The maximum atomic E-state index is 12.7. The Bertz CT molecular complexity index is 485. The van der Waals surface area contributed by atoms with E-state index in [1.165, 1.54) is 0 Å². The molecular formula is C17H26N2O3. The quantitative estimate of drug-likeness (QED) is 0.872. The van der Waals surface area contributed by atoms with Crippen LogP contribution in [-0.4, -0.2) is 49.7 Å². The number of ether oxygens (including phenoxy) is 2.